The number of amides is 9. The quantitative estimate of drug-likeness (QED) is 0.0708. The molecule has 0 spiro atoms. The molecule has 6 heterocycles. The van der Waals surface area contributed by atoms with Crippen molar-refractivity contribution < 1.29 is 47.9 Å². The summed E-state index contributed by atoms with van der Waals surface area (Å²) in [6.45, 7) is 6.43. The van der Waals surface area contributed by atoms with E-state index in [0.29, 0.717) is 66.7 Å². The summed E-state index contributed by atoms with van der Waals surface area (Å²) in [7, 11) is 0. The Morgan fingerprint density at radius 2 is 1.66 bits per heavy atom. The van der Waals surface area contributed by atoms with Crippen LogP contribution in [-0.4, -0.2) is 132 Å². The van der Waals surface area contributed by atoms with Gasteiger partial charge in [0, 0.05) is 71.2 Å². The lowest BCUT2D eigenvalue weighted by molar-refractivity contribution is -0.144. The molecule has 1 unspecified atom stereocenters. The number of ketones is 1. The van der Waals surface area contributed by atoms with Crippen LogP contribution >= 0.6 is 11.8 Å². The van der Waals surface area contributed by atoms with Gasteiger partial charge in [0.15, 0.2) is 5.78 Å². The molecule has 6 atom stereocenters. The number of rotatable bonds is 15. The molecule has 7 N–H and O–H groups in total. The van der Waals surface area contributed by atoms with Gasteiger partial charge in [0.1, 0.15) is 35.9 Å². The van der Waals surface area contributed by atoms with Crippen molar-refractivity contribution in [2.75, 3.05) is 13.1 Å². The van der Waals surface area contributed by atoms with Gasteiger partial charge in [0.25, 0.3) is 11.8 Å². The zero-order valence-electron chi connectivity index (χ0n) is 44.0. The van der Waals surface area contributed by atoms with Crippen LogP contribution in [-0.2, 0) is 40.1 Å². The van der Waals surface area contributed by atoms with Crippen LogP contribution in [0.25, 0.3) is 10.9 Å². The Kier molecular flexibility index (Phi) is 16.6. The number of nitrogens with zero attached hydrogens (tertiary/aromatic N) is 3. The molecule has 77 heavy (non-hydrogen) atoms. The highest BCUT2D eigenvalue weighted by atomic mass is 32.2. The van der Waals surface area contributed by atoms with E-state index in [1.165, 1.54) is 28.5 Å². The number of hydrogen-bond acceptors (Lipinski definition) is 11. The van der Waals surface area contributed by atoms with Gasteiger partial charge in [0.2, 0.25) is 41.4 Å². The molecule has 0 bridgehead atoms. The second-order valence-corrected chi connectivity index (χ2v) is 23.9. The lowest BCUT2D eigenvalue weighted by Crippen LogP contribution is -2.62. The first-order valence-corrected chi connectivity index (χ1v) is 28.1. The molecule has 1 aliphatic carbocycles. The van der Waals surface area contributed by atoms with E-state index in [1.807, 2.05) is 24.8 Å². The number of Topliss-reactive ketones (excluding diaryl/α,β-unsaturated/α-hetero) is 1. The number of nitrogens with two attached hydrogens (primary N) is 1. The molecule has 408 valence electrons. The van der Waals surface area contributed by atoms with Gasteiger partial charge in [-0.15, -0.1) is 11.8 Å². The summed E-state index contributed by atoms with van der Waals surface area (Å²) in [6.07, 6.45) is 8.80. The van der Waals surface area contributed by atoms with Gasteiger partial charge in [-0.05, 0) is 139 Å². The Morgan fingerprint density at radius 1 is 0.896 bits per heavy atom. The topological polar surface area (TPSA) is 270 Å². The number of H-pyrrole nitrogens is 1. The standard InChI is InChI=1S/C57H69N9O10S/c1-32(67)36-19-20-40-37(29-36)30-43(59-40)51(71)61-42-17-10-18-47-66(55(42)75)49(57(2,3)77-47)53(73)60-41(21-23-45(58)68)50(70)63-48(35-13-5-4-6-14-35)56(76)64-27-25-33(26-28-64)11-7-8-12-34-15-9-16-38-39(34)31-65(54(38)74)44-22-24-46(69)62-52(44)72/h9,15-16,19-20,29-30,33,35,41-42,44,47-49,59H,4-7,10-11,13-14,17-18,21-28,31H2,1-3H3,(H2,58,68)(H,60,73)(H,61,71)(H,63,70)(H,62,69,72)/t41-,42-,44?,47+,48-,49+/m0/s1. The maximum Gasteiger partial charge on any atom is 0.268 e. The minimum Gasteiger partial charge on any atom is -0.370 e. The SMILES string of the molecule is CC(=O)c1ccc2[nH]c(C(=O)N[C@H]3CCC[C@H]4SC(C)(C)[C@@H](C(=O)N[C@@H](CCC(N)=O)C(=O)N[C@H](C(=O)N5CCC(CCC#Cc6cccc7c6CN(C6CCC(=O)NC6=O)C7=O)CC5)C5CCCCC5)N4C3=O)cc2c1. The number of hydrogen-bond donors (Lipinski definition) is 6. The lowest BCUT2D eigenvalue weighted by atomic mass is 9.82. The first kappa shape index (κ1) is 54.8. The first-order valence-electron chi connectivity index (χ1n) is 27.2. The number of thioether (sulfide) groups is 1. The van der Waals surface area contributed by atoms with Gasteiger partial charge in [-0.3, -0.25) is 53.3 Å². The molecule has 19 nitrogen and oxygen atoms in total. The van der Waals surface area contributed by atoms with Gasteiger partial charge in [-0.25, -0.2) is 0 Å². The molecule has 1 aromatic heterocycles. The number of carbonyl (C=O) groups is 10. The van der Waals surface area contributed by atoms with Gasteiger partial charge < -0.3 is 41.4 Å². The lowest BCUT2D eigenvalue weighted by Gasteiger charge is -2.38. The normalized spacial score (nSPS) is 23.4. The van der Waals surface area contributed by atoms with E-state index in [-0.39, 0.29) is 72.7 Å². The van der Waals surface area contributed by atoms with E-state index in [0.717, 1.165) is 62.5 Å². The number of nitrogens with one attached hydrogen (secondary N) is 5. The van der Waals surface area contributed by atoms with Crippen LogP contribution in [0.4, 0.5) is 0 Å². The number of primary amides is 1. The zero-order valence-corrected chi connectivity index (χ0v) is 44.8. The third-order valence-electron chi connectivity index (χ3n) is 16.4. The molecule has 5 fully saturated rings. The summed E-state index contributed by atoms with van der Waals surface area (Å²) in [5.41, 5.74) is 8.99. The fourth-order valence-corrected chi connectivity index (χ4v) is 13.9. The summed E-state index contributed by atoms with van der Waals surface area (Å²) < 4.78 is -0.821. The number of aromatic nitrogens is 1. The van der Waals surface area contributed by atoms with Crippen molar-refractivity contribution in [1.82, 2.24) is 41.0 Å². The summed E-state index contributed by atoms with van der Waals surface area (Å²) in [6, 6.07) is 7.27. The smallest absolute Gasteiger partial charge is 0.268 e. The summed E-state index contributed by atoms with van der Waals surface area (Å²) in [5.74, 6) is 2.54. The Labute approximate surface area is 452 Å². The molecule has 4 saturated heterocycles. The molecule has 9 amide bonds. The van der Waals surface area contributed by atoms with Crippen LogP contribution in [0.3, 0.4) is 0 Å². The Morgan fingerprint density at radius 3 is 2.39 bits per heavy atom. The summed E-state index contributed by atoms with van der Waals surface area (Å²) in [4.78, 5) is 142. The molecule has 1 saturated carbocycles. The number of likely N-dealkylation sites (tertiary alicyclic amines) is 1. The first-order chi connectivity index (χ1) is 36.9. The van der Waals surface area contributed by atoms with Crippen molar-refractivity contribution >= 4 is 81.6 Å². The average molecular weight is 1070 g/mol. The van der Waals surface area contributed by atoms with Crippen LogP contribution in [0.5, 0.6) is 0 Å². The van der Waals surface area contributed by atoms with E-state index >= 15 is 0 Å². The summed E-state index contributed by atoms with van der Waals surface area (Å²) >= 11 is 1.48. The predicted octanol–water partition coefficient (Wildman–Crippen LogP) is 4.35. The molecular formula is C57H69N9O10S. The van der Waals surface area contributed by atoms with Crippen molar-refractivity contribution in [3.63, 3.8) is 0 Å². The molecule has 9 rings (SSSR count). The summed E-state index contributed by atoms with van der Waals surface area (Å²) in [5, 5.41) is 11.5. The van der Waals surface area contributed by atoms with Crippen molar-refractivity contribution in [1.29, 1.82) is 0 Å². The van der Waals surface area contributed by atoms with E-state index in [1.54, 1.807) is 36.4 Å². The van der Waals surface area contributed by atoms with Gasteiger partial charge in [-0.2, -0.15) is 0 Å². The van der Waals surface area contributed by atoms with E-state index in [9.17, 15) is 47.9 Å². The number of piperidine rings is 2. The largest absolute Gasteiger partial charge is 0.370 e. The Hall–Kier alpha value is -7.01. The predicted molar refractivity (Wildman–Crippen MR) is 286 cm³/mol. The maximum atomic E-state index is 14.7. The Bertz CT molecular complexity index is 2950. The monoisotopic (exact) mass is 1070 g/mol. The van der Waals surface area contributed by atoms with E-state index in [4.69, 9.17) is 5.73 Å². The molecule has 20 heteroatoms. The van der Waals surface area contributed by atoms with Gasteiger partial charge in [-0.1, -0.05) is 37.2 Å². The fraction of sp³-hybridized carbons (Fsp3) is 0.544. The highest BCUT2D eigenvalue weighted by Crippen LogP contribution is 2.48. The van der Waals surface area contributed by atoms with Crippen LogP contribution in [0, 0.1) is 23.7 Å². The van der Waals surface area contributed by atoms with E-state index in [2.05, 4.69) is 38.1 Å². The highest BCUT2D eigenvalue weighted by Gasteiger charge is 2.55. The molecule has 5 aliphatic heterocycles. The van der Waals surface area contributed by atoms with Crippen molar-refractivity contribution in [2.45, 2.75) is 170 Å². The number of aromatic amines is 1. The third-order valence-corrected chi connectivity index (χ3v) is 18.0. The fourth-order valence-electron chi connectivity index (χ4n) is 12.2. The van der Waals surface area contributed by atoms with Gasteiger partial charge >= 0.3 is 0 Å². The number of fused-ring (bicyclic) bond motifs is 3. The van der Waals surface area contributed by atoms with Crippen LogP contribution in [0.2, 0.25) is 0 Å². The highest BCUT2D eigenvalue weighted by molar-refractivity contribution is 8.01. The number of benzene rings is 2. The molecule has 6 aliphatic rings. The van der Waals surface area contributed by atoms with Gasteiger partial charge in [0.05, 0.1) is 5.37 Å². The van der Waals surface area contributed by atoms with Crippen LogP contribution in [0.1, 0.15) is 166 Å². The van der Waals surface area contributed by atoms with Crippen LogP contribution in [0.15, 0.2) is 42.5 Å². The average Bonchev–Trinajstić information content (AvgIpc) is 4.16. The molecule has 3 aromatic rings. The zero-order chi connectivity index (χ0) is 54.7. The molecular weight excluding hydrogens is 1000 g/mol. The second-order valence-electron chi connectivity index (χ2n) is 22.1. The maximum absolute atomic E-state index is 14.7. The number of carbonyl (C=O) groups excluding carboxylic acids is 10. The van der Waals surface area contributed by atoms with Crippen LogP contribution < -0.4 is 27.0 Å². The van der Waals surface area contributed by atoms with E-state index < -0.39 is 70.4 Å². The Balaban J connectivity index is 0.829. The molecule has 0 radical (unpaired) electrons. The third kappa shape index (κ3) is 12.1. The van der Waals surface area contributed by atoms with Crippen molar-refractivity contribution in [3.05, 3.63) is 70.4 Å². The second kappa shape index (κ2) is 23.3. The minimum atomic E-state index is -1.26. The van der Waals surface area contributed by atoms with Crippen molar-refractivity contribution in [2.24, 2.45) is 17.6 Å². The minimum absolute atomic E-state index is 0.110. The number of imide groups is 1. The van der Waals surface area contributed by atoms with Crippen molar-refractivity contribution in [3.8, 4) is 11.8 Å². The molecule has 2 aromatic carbocycles.